The minimum atomic E-state index is -2.39. The molecule has 1 aromatic rings. The number of hydrogen-bond donors (Lipinski definition) is 5. The van der Waals surface area contributed by atoms with Gasteiger partial charge in [0.25, 0.3) is 0 Å². The molecule has 0 radical (unpaired) electrons. The van der Waals surface area contributed by atoms with Gasteiger partial charge in [-0.1, -0.05) is 5.92 Å². The molecule has 0 saturated carbocycles. The molecular weight excluding hydrogens is 282 g/mol. The molecule has 6 N–H and O–H groups in total. The lowest BCUT2D eigenvalue weighted by Gasteiger charge is -2.34. The van der Waals surface area contributed by atoms with Crippen molar-refractivity contribution >= 4 is 5.82 Å². The van der Waals surface area contributed by atoms with Gasteiger partial charge in [0.05, 0.1) is 13.2 Å². The molecule has 0 bridgehead atoms. The smallest absolute Gasteiger partial charge is 0.351 e. The summed E-state index contributed by atoms with van der Waals surface area (Å²) in [6.45, 7) is -1.73. The molecule has 1 aliphatic heterocycles. The third-order valence-corrected chi connectivity index (χ3v) is 3.60. The highest BCUT2D eigenvalue weighted by atomic mass is 16.6. The van der Waals surface area contributed by atoms with E-state index in [1.165, 1.54) is 12.3 Å². The molecule has 2 rings (SSSR count). The topological polar surface area (TPSA) is 151 Å². The second-order valence-electron chi connectivity index (χ2n) is 4.72. The lowest BCUT2D eigenvalue weighted by atomic mass is 9.82. The Morgan fingerprint density at radius 3 is 2.57 bits per heavy atom. The maximum Gasteiger partial charge on any atom is 0.351 e. The Morgan fingerprint density at radius 2 is 2.14 bits per heavy atom. The summed E-state index contributed by atoms with van der Waals surface area (Å²) >= 11 is 0. The van der Waals surface area contributed by atoms with Gasteiger partial charge in [-0.3, -0.25) is 4.57 Å². The number of rotatable bonds is 3. The molecule has 1 fully saturated rings. The third kappa shape index (κ3) is 2.01. The molecule has 9 nitrogen and oxygen atoms in total. The van der Waals surface area contributed by atoms with Crippen LogP contribution in [0, 0.1) is 12.3 Å². The number of nitrogens with zero attached hydrogens (tertiary/aromatic N) is 2. The van der Waals surface area contributed by atoms with Crippen molar-refractivity contribution in [3.05, 3.63) is 22.7 Å². The van der Waals surface area contributed by atoms with Gasteiger partial charge in [0.15, 0.2) is 17.4 Å². The van der Waals surface area contributed by atoms with Crippen molar-refractivity contribution in [1.82, 2.24) is 9.55 Å². The fraction of sp³-hybridized carbons (Fsp3) is 0.500. The molecule has 9 heteroatoms. The lowest BCUT2D eigenvalue weighted by molar-refractivity contribution is -0.168. The zero-order valence-electron chi connectivity index (χ0n) is 10.9. The lowest BCUT2D eigenvalue weighted by Crippen LogP contribution is -2.59. The minimum absolute atomic E-state index is 0.0356. The first-order chi connectivity index (χ1) is 9.85. The van der Waals surface area contributed by atoms with E-state index in [1.54, 1.807) is 0 Å². The number of terminal acetylenes is 1. The van der Waals surface area contributed by atoms with E-state index in [9.17, 15) is 25.2 Å². The normalized spacial score (nSPS) is 31.0. The van der Waals surface area contributed by atoms with Gasteiger partial charge < -0.3 is 30.9 Å². The Balaban J connectivity index is 2.54. The van der Waals surface area contributed by atoms with E-state index >= 15 is 0 Å². The molecule has 0 spiro atoms. The van der Waals surface area contributed by atoms with Gasteiger partial charge in [0.1, 0.15) is 11.9 Å². The number of nitrogen functional groups attached to an aromatic ring is 1. The summed E-state index contributed by atoms with van der Waals surface area (Å²) in [5, 5.41) is 39.4. The number of ether oxygens (including phenoxy) is 1. The molecule has 1 aromatic heterocycles. The van der Waals surface area contributed by atoms with E-state index in [4.69, 9.17) is 16.9 Å². The van der Waals surface area contributed by atoms with E-state index in [1.807, 2.05) is 5.92 Å². The number of nitrogens with two attached hydrogens (primary N) is 1. The monoisotopic (exact) mass is 297 g/mol. The van der Waals surface area contributed by atoms with Crippen LogP contribution in [0.4, 0.5) is 5.82 Å². The Hall–Kier alpha value is -1.96. The van der Waals surface area contributed by atoms with Crippen molar-refractivity contribution in [2.75, 3.05) is 18.9 Å². The largest absolute Gasteiger partial charge is 0.393 e. The molecular formula is C12H15N3O6. The first-order valence-electron chi connectivity index (χ1n) is 5.97. The van der Waals surface area contributed by atoms with E-state index in [0.717, 1.165) is 4.57 Å². The quantitative estimate of drug-likeness (QED) is 0.366. The molecule has 0 unspecified atom stereocenters. The van der Waals surface area contributed by atoms with Crippen LogP contribution in [-0.2, 0) is 4.74 Å². The molecule has 3 atom stereocenters. The second-order valence-corrected chi connectivity index (χ2v) is 4.72. The summed E-state index contributed by atoms with van der Waals surface area (Å²) in [6.07, 6.45) is 3.19. The molecule has 0 amide bonds. The average Bonchev–Trinajstić information content (AvgIpc) is 2.70. The third-order valence-electron chi connectivity index (χ3n) is 3.60. The van der Waals surface area contributed by atoms with Crippen LogP contribution >= 0.6 is 0 Å². The summed E-state index contributed by atoms with van der Waals surface area (Å²) in [5.41, 5.74) is 0.106. The van der Waals surface area contributed by atoms with Crippen molar-refractivity contribution in [3.8, 4) is 12.3 Å². The highest BCUT2D eigenvalue weighted by molar-refractivity contribution is 5.27. The number of anilines is 1. The molecule has 1 aliphatic rings. The Kier molecular flexibility index (Phi) is 3.75. The number of aliphatic hydroxyl groups excluding tert-OH is 3. The zero-order valence-corrected chi connectivity index (χ0v) is 10.9. The molecule has 2 heterocycles. The first kappa shape index (κ1) is 15.4. The number of aliphatic hydroxyl groups is 4. The van der Waals surface area contributed by atoms with Crippen LogP contribution < -0.4 is 11.4 Å². The van der Waals surface area contributed by atoms with Crippen molar-refractivity contribution < 1.29 is 25.2 Å². The average molecular weight is 297 g/mol. The fourth-order valence-electron chi connectivity index (χ4n) is 2.27. The molecule has 21 heavy (non-hydrogen) atoms. The SMILES string of the molecule is C#C[C@]1(O)[C@@H](O)[C@H](n2ccc(N)nc2=O)OC1(CO)CO. The maximum absolute atomic E-state index is 11.8. The van der Waals surface area contributed by atoms with Crippen molar-refractivity contribution in [2.24, 2.45) is 0 Å². The van der Waals surface area contributed by atoms with Gasteiger partial charge in [-0.2, -0.15) is 4.98 Å². The van der Waals surface area contributed by atoms with Crippen LogP contribution in [0.1, 0.15) is 6.23 Å². The van der Waals surface area contributed by atoms with E-state index in [-0.39, 0.29) is 5.82 Å². The predicted molar refractivity (Wildman–Crippen MR) is 69.7 cm³/mol. The van der Waals surface area contributed by atoms with Gasteiger partial charge in [-0.05, 0) is 6.07 Å². The maximum atomic E-state index is 11.8. The predicted octanol–water partition coefficient (Wildman–Crippen LogP) is -3.20. The van der Waals surface area contributed by atoms with Crippen LogP contribution in [-0.4, -0.2) is 60.5 Å². The zero-order chi connectivity index (χ0) is 15.8. The fourth-order valence-corrected chi connectivity index (χ4v) is 2.27. The molecule has 114 valence electrons. The molecule has 0 aliphatic carbocycles. The van der Waals surface area contributed by atoms with Crippen LogP contribution in [0.15, 0.2) is 17.1 Å². The second kappa shape index (κ2) is 5.10. The van der Waals surface area contributed by atoms with Crippen molar-refractivity contribution in [2.45, 2.75) is 23.5 Å². The summed E-state index contributed by atoms with van der Waals surface area (Å²) in [5.74, 6) is 1.88. The minimum Gasteiger partial charge on any atom is -0.393 e. The highest BCUT2D eigenvalue weighted by Crippen LogP contribution is 2.43. The van der Waals surface area contributed by atoms with Gasteiger partial charge in [0, 0.05) is 6.20 Å². The van der Waals surface area contributed by atoms with Gasteiger partial charge in [-0.15, -0.1) is 6.42 Å². The van der Waals surface area contributed by atoms with Crippen LogP contribution in [0.5, 0.6) is 0 Å². The van der Waals surface area contributed by atoms with Gasteiger partial charge in [0.2, 0.25) is 0 Å². The van der Waals surface area contributed by atoms with Gasteiger partial charge in [-0.25, -0.2) is 4.79 Å². The summed E-state index contributed by atoms with van der Waals surface area (Å²) in [4.78, 5) is 15.2. The Labute approximate surface area is 119 Å². The summed E-state index contributed by atoms with van der Waals surface area (Å²) in [6, 6.07) is 1.28. The van der Waals surface area contributed by atoms with E-state index in [0.29, 0.717) is 0 Å². The van der Waals surface area contributed by atoms with Crippen LogP contribution in [0.25, 0.3) is 0 Å². The van der Waals surface area contributed by atoms with Gasteiger partial charge >= 0.3 is 5.69 Å². The first-order valence-corrected chi connectivity index (χ1v) is 5.97. The Bertz CT molecular complexity index is 635. The number of aromatic nitrogens is 2. The Morgan fingerprint density at radius 1 is 1.52 bits per heavy atom. The van der Waals surface area contributed by atoms with Crippen molar-refractivity contribution in [1.29, 1.82) is 0 Å². The standard InChI is InChI=1S/C12H15N3O6/c1-2-12(20)8(18)9(21-11(12,5-16)6-17)15-4-3-7(13)14-10(15)19/h1,3-4,8-9,16-18,20H,5-6H2,(H2,13,14,19)/t8-,9+,12-/m0/s1. The van der Waals surface area contributed by atoms with E-state index < -0.39 is 42.4 Å². The highest BCUT2D eigenvalue weighted by Gasteiger charge is 2.65. The number of hydrogen-bond acceptors (Lipinski definition) is 8. The molecule has 1 saturated heterocycles. The van der Waals surface area contributed by atoms with Crippen LogP contribution in [0.3, 0.4) is 0 Å². The molecule has 0 aromatic carbocycles. The van der Waals surface area contributed by atoms with Crippen LogP contribution in [0.2, 0.25) is 0 Å². The van der Waals surface area contributed by atoms with E-state index in [2.05, 4.69) is 4.98 Å². The summed E-state index contributed by atoms with van der Waals surface area (Å²) in [7, 11) is 0. The summed E-state index contributed by atoms with van der Waals surface area (Å²) < 4.78 is 6.17. The van der Waals surface area contributed by atoms with Crippen molar-refractivity contribution in [3.63, 3.8) is 0 Å².